The summed E-state index contributed by atoms with van der Waals surface area (Å²) in [5.41, 5.74) is 4.02. The predicted molar refractivity (Wildman–Crippen MR) is 87.2 cm³/mol. The minimum absolute atomic E-state index is 0.00654. The molecule has 0 spiro atoms. The molecule has 0 fully saturated rings. The monoisotopic (exact) mass is 329 g/mol. The number of rotatable bonds is 6. The second kappa shape index (κ2) is 7.82. The van der Waals surface area contributed by atoms with Crippen LogP contribution in [0.4, 0.5) is 5.69 Å². The number of carboxylic acids is 1. The van der Waals surface area contributed by atoms with Crippen LogP contribution in [0.15, 0.2) is 47.6 Å². The van der Waals surface area contributed by atoms with Gasteiger partial charge in [-0.3, -0.25) is 5.43 Å². The summed E-state index contributed by atoms with van der Waals surface area (Å²) in [5, 5.41) is 21.8. The zero-order valence-corrected chi connectivity index (χ0v) is 12.6. The third kappa shape index (κ3) is 4.73. The molecular weight excluding hydrogens is 318 g/mol. The van der Waals surface area contributed by atoms with Crippen LogP contribution in [0.2, 0.25) is 5.02 Å². The van der Waals surface area contributed by atoms with E-state index >= 15 is 0 Å². The Balaban J connectivity index is 2.03. The van der Waals surface area contributed by atoms with Crippen molar-refractivity contribution in [3.05, 3.63) is 58.6 Å². The lowest BCUT2D eigenvalue weighted by Crippen LogP contribution is -1.98. The number of ether oxygens (including phenoxy) is 1. The molecule has 0 bridgehead atoms. The standard InChI is InChI=1S/C16H12ClN3O3/c17-14-6-3-12(16(21)22)9-15(14)20-19-10-11-1-4-13(5-2-11)23-8-7-18/h1-6,9-10,20H,8H2,(H,21,22)/b19-10-. The molecule has 2 N–H and O–H groups in total. The first-order chi connectivity index (χ1) is 11.1. The Bertz CT molecular complexity index is 767. The fourth-order valence-electron chi connectivity index (χ4n) is 1.69. The van der Waals surface area contributed by atoms with Gasteiger partial charge in [-0.2, -0.15) is 10.4 Å². The van der Waals surface area contributed by atoms with Gasteiger partial charge < -0.3 is 9.84 Å². The average molecular weight is 330 g/mol. The Labute approximate surface area is 137 Å². The van der Waals surface area contributed by atoms with E-state index in [9.17, 15) is 4.79 Å². The maximum Gasteiger partial charge on any atom is 0.335 e. The van der Waals surface area contributed by atoms with Crippen molar-refractivity contribution in [3.8, 4) is 11.8 Å². The highest BCUT2D eigenvalue weighted by atomic mass is 35.5. The molecule has 0 unspecified atom stereocenters. The van der Waals surface area contributed by atoms with Gasteiger partial charge in [0.05, 0.1) is 22.5 Å². The van der Waals surface area contributed by atoms with Gasteiger partial charge in [-0.15, -0.1) is 0 Å². The summed E-state index contributed by atoms with van der Waals surface area (Å²) in [6, 6.07) is 13.2. The number of carbonyl (C=O) groups is 1. The zero-order valence-electron chi connectivity index (χ0n) is 11.9. The fraction of sp³-hybridized carbons (Fsp3) is 0.0625. The molecule has 116 valence electrons. The highest BCUT2D eigenvalue weighted by Gasteiger charge is 2.06. The van der Waals surface area contributed by atoms with E-state index in [1.165, 1.54) is 18.2 Å². The minimum atomic E-state index is -1.04. The first kappa shape index (κ1) is 16.3. The minimum Gasteiger partial charge on any atom is -0.479 e. The number of anilines is 1. The van der Waals surface area contributed by atoms with Crippen molar-refractivity contribution >= 4 is 29.5 Å². The van der Waals surface area contributed by atoms with Crippen molar-refractivity contribution in [2.75, 3.05) is 12.0 Å². The topological polar surface area (TPSA) is 94.7 Å². The van der Waals surface area contributed by atoms with Gasteiger partial charge in [-0.25, -0.2) is 4.79 Å². The lowest BCUT2D eigenvalue weighted by Gasteiger charge is -2.05. The lowest BCUT2D eigenvalue weighted by atomic mass is 10.2. The van der Waals surface area contributed by atoms with Crippen LogP contribution >= 0.6 is 11.6 Å². The molecule has 2 rings (SSSR count). The van der Waals surface area contributed by atoms with E-state index < -0.39 is 5.97 Å². The summed E-state index contributed by atoms with van der Waals surface area (Å²) in [5.74, 6) is -0.449. The lowest BCUT2D eigenvalue weighted by molar-refractivity contribution is 0.0697. The number of hydrazone groups is 1. The molecule has 2 aromatic carbocycles. The van der Waals surface area contributed by atoms with Crippen LogP contribution in [-0.2, 0) is 0 Å². The van der Waals surface area contributed by atoms with Crippen molar-refractivity contribution in [2.24, 2.45) is 5.10 Å². The largest absolute Gasteiger partial charge is 0.479 e. The van der Waals surface area contributed by atoms with Crippen LogP contribution in [0.3, 0.4) is 0 Å². The Morgan fingerprint density at radius 1 is 1.35 bits per heavy atom. The fourth-order valence-corrected chi connectivity index (χ4v) is 1.85. The molecule has 0 aliphatic heterocycles. The highest BCUT2D eigenvalue weighted by Crippen LogP contribution is 2.23. The molecule has 0 saturated heterocycles. The van der Waals surface area contributed by atoms with Gasteiger partial charge in [0.15, 0.2) is 6.61 Å². The van der Waals surface area contributed by atoms with Crippen molar-refractivity contribution in [2.45, 2.75) is 0 Å². The smallest absolute Gasteiger partial charge is 0.335 e. The van der Waals surface area contributed by atoms with Crippen LogP contribution in [0.1, 0.15) is 15.9 Å². The molecule has 0 aromatic heterocycles. The van der Waals surface area contributed by atoms with E-state index in [1.54, 1.807) is 30.5 Å². The van der Waals surface area contributed by atoms with Gasteiger partial charge >= 0.3 is 5.97 Å². The van der Waals surface area contributed by atoms with Crippen LogP contribution in [0, 0.1) is 11.3 Å². The van der Waals surface area contributed by atoms with Gasteiger partial charge in [0.2, 0.25) is 0 Å². The molecule has 0 atom stereocenters. The third-order valence-corrected chi connectivity index (χ3v) is 3.13. The SMILES string of the molecule is N#CCOc1ccc(/C=N\Nc2cc(C(=O)O)ccc2Cl)cc1. The molecule has 0 radical (unpaired) electrons. The molecule has 0 aliphatic carbocycles. The van der Waals surface area contributed by atoms with Crippen molar-refractivity contribution in [1.82, 2.24) is 0 Å². The Morgan fingerprint density at radius 2 is 2.09 bits per heavy atom. The quantitative estimate of drug-likeness (QED) is 0.625. The summed E-state index contributed by atoms with van der Waals surface area (Å²) >= 11 is 5.98. The number of hydrogen-bond acceptors (Lipinski definition) is 5. The van der Waals surface area contributed by atoms with Gasteiger partial charge in [0.25, 0.3) is 0 Å². The second-order valence-electron chi connectivity index (χ2n) is 4.39. The Morgan fingerprint density at radius 3 is 2.74 bits per heavy atom. The van der Waals surface area contributed by atoms with Crippen molar-refractivity contribution in [3.63, 3.8) is 0 Å². The number of hydrogen-bond donors (Lipinski definition) is 2. The Kier molecular flexibility index (Phi) is 5.56. The zero-order chi connectivity index (χ0) is 16.7. The van der Waals surface area contributed by atoms with Crippen LogP contribution in [-0.4, -0.2) is 23.9 Å². The van der Waals surface area contributed by atoms with Crippen LogP contribution < -0.4 is 10.2 Å². The maximum absolute atomic E-state index is 10.9. The molecule has 2 aromatic rings. The predicted octanol–water partition coefficient (Wildman–Crippen LogP) is 3.39. The number of carboxylic acid groups (broad SMARTS) is 1. The molecule has 7 heteroatoms. The summed E-state index contributed by atoms with van der Waals surface area (Å²) in [7, 11) is 0. The van der Waals surface area contributed by atoms with E-state index in [2.05, 4.69) is 10.5 Å². The van der Waals surface area contributed by atoms with Gasteiger partial charge in [0.1, 0.15) is 11.8 Å². The molecule has 0 amide bonds. The number of aromatic carboxylic acids is 1. The van der Waals surface area contributed by atoms with Crippen molar-refractivity contribution in [1.29, 1.82) is 5.26 Å². The number of halogens is 1. The molecule has 6 nitrogen and oxygen atoms in total. The number of nitrogens with zero attached hydrogens (tertiary/aromatic N) is 2. The van der Waals surface area contributed by atoms with E-state index in [1.807, 2.05) is 6.07 Å². The molecule has 0 heterocycles. The van der Waals surface area contributed by atoms with Crippen LogP contribution in [0.5, 0.6) is 5.75 Å². The molecule has 0 saturated carbocycles. The molecular formula is C16H12ClN3O3. The maximum atomic E-state index is 10.9. The summed E-state index contributed by atoms with van der Waals surface area (Å²) in [6.07, 6.45) is 1.55. The normalized spacial score (nSPS) is 10.3. The summed E-state index contributed by atoms with van der Waals surface area (Å²) in [4.78, 5) is 10.9. The Hall–Kier alpha value is -3.04. The van der Waals surface area contributed by atoms with E-state index in [0.717, 1.165) is 5.56 Å². The number of nitrogens with one attached hydrogen (secondary N) is 1. The summed E-state index contributed by atoms with van der Waals surface area (Å²) < 4.78 is 5.14. The van der Waals surface area contributed by atoms with Crippen LogP contribution in [0.25, 0.3) is 0 Å². The second-order valence-corrected chi connectivity index (χ2v) is 4.79. The van der Waals surface area contributed by atoms with Gasteiger partial charge in [0, 0.05) is 0 Å². The average Bonchev–Trinajstić information content (AvgIpc) is 2.55. The van der Waals surface area contributed by atoms with Gasteiger partial charge in [-0.05, 0) is 48.0 Å². The summed E-state index contributed by atoms with van der Waals surface area (Å²) in [6.45, 7) is -0.00654. The van der Waals surface area contributed by atoms with E-state index in [0.29, 0.717) is 16.5 Å². The van der Waals surface area contributed by atoms with Gasteiger partial charge in [-0.1, -0.05) is 11.6 Å². The van der Waals surface area contributed by atoms with Crippen molar-refractivity contribution < 1.29 is 14.6 Å². The van der Waals surface area contributed by atoms with E-state index in [-0.39, 0.29) is 12.2 Å². The third-order valence-electron chi connectivity index (χ3n) is 2.80. The number of benzene rings is 2. The first-order valence-corrected chi connectivity index (χ1v) is 6.89. The molecule has 0 aliphatic rings. The number of nitriles is 1. The highest BCUT2D eigenvalue weighted by molar-refractivity contribution is 6.33. The van der Waals surface area contributed by atoms with E-state index in [4.69, 9.17) is 26.7 Å². The first-order valence-electron chi connectivity index (χ1n) is 6.52. The molecule has 23 heavy (non-hydrogen) atoms.